The lowest BCUT2D eigenvalue weighted by molar-refractivity contribution is -0.134. The van der Waals surface area contributed by atoms with Gasteiger partial charge in [-0.3, -0.25) is 4.79 Å². The number of ether oxygens (including phenoxy) is 2. The van der Waals surface area contributed by atoms with Gasteiger partial charge in [-0.05, 0) is 29.8 Å². The summed E-state index contributed by atoms with van der Waals surface area (Å²) in [6.45, 7) is 0. The molecular weight excluding hydrogens is 372 g/mol. The number of nitrogens with zero attached hydrogens (tertiary/aromatic N) is 1. The fourth-order valence-corrected chi connectivity index (χ4v) is 2.99. The van der Waals surface area contributed by atoms with Gasteiger partial charge in [-0.15, -0.1) is 0 Å². The maximum Gasteiger partial charge on any atom is 0.285 e. The SMILES string of the molecule is O=C(N/N=C\c1ccc(O)cc1O)[C@@H]1Oc2ccccc2O[C@@H]1c1ccccc1. The minimum absolute atomic E-state index is 0.0687. The third-order valence-electron chi connectivity index (χ3n) is 4.41. The van der Waals surface area contributed by atoms with Crippen LogP contribution in [0.15, 0.2) is 77.9 Å². The summed E-state index contributed by atoms with van der Waals surface area (Å²) in [5, 5.41) is 23.0. The summed E-state index contributed by atoms with van der Waals surface area (Å²) in [4.78, 5) is 12.8. The molecule has 4 rings (SSSR count). The van der Waals surface area contributed by atoms with E-state index >= 15 is 0 Å². The van der Waals surface area contributed by atoms with Gasteiger partial charge in [0.1, 0.15) is 11.5 Å². The van der Waals surface area contributed by atoms with Crippen LogP contribution in [-0.4, -0.2) is 28.4 Å². The van der Waals surface area contributed by atoms with E-state index in [2.05, 4.69) is 10.5 Å². The molecule has 29 heavy (non-hydrogen) atoms. The van der Waals surface area contributed by atoms with Crippen LogP contribution in [0.3, 0.4) is 0 Å². The predicted octanol–water partition coefficient (Wildman–Crippen LogP) is 3.13. The molecule has 0 aromatic heterocycles. The molecule has 1 aliphatic rings. The molecule has 0 spiro atoms. The van der Waals surface area contributed by atoms with Crippen molar-refractivity contribution in [3.63, 3.8) is 0 Å². The van der Waals surface area contributed by atoms with Crippen LogP contribution in [0.4, 0.5) is 0 Å². The smallest absolute Gasteiger partial charge is 0.285 e. The number of hydrogen-bond donors (Lipinski definition) is 3. The van der Waals surface area contributed by atoms with E-state index in [4.69, 9.17) is 9.47 Å². The first kappa shape index (κ1) is 18.4. The van der Waals surface area contributed by atoms with Crippen LogP contribution in [0, 0.1) is 0 Å². The third kappa shape index (κ3) is 3.98. The van der Waals surface area contributed by atoms with Crippen LogP contribution in [0.1, 0.15) is 17.2 Å². The molecule has 3 N–H and O–H groups in total. The van der Waals surface area contributed by atoms with Gasteiger partial charge >= 0.3 is 0 Å². The second-order valence-electron chi connectivity index (χ2n) is 6.41. The second-order valence-corrected chi connectivity index (χ2v) is 6.41. The Morgan fingerprint density at radius 2 is 1.62 bits per heavy atom. The number of benzene rings is 3. The van der Waals surface area contributed by atoms with Crippen molar-refractivity contribution in [2.75, 3.05) is 0 Å². The highest BCUT2D eigenvalue weighted by atomic mass is 16.6. The fourth-order valence-electron chi connectivity index (χ4n) is 2.99. The number of carbonyl (C=O) groups excluding carboxylic acids is 1. The van der Waals surface area contributed by atoms with E-state index in [1.165, 1.54) is 24.4 Å². The molecule has 0 aliphatic carbocycles. The van der Waals surface area contributed by atoms with Crippen molar-refractivity contribution >= 4 is 12.1 Å². The Morgan fingerprint density at radius 3 is 2.34 bits per heavy atom. The average molecular weight is 390 g/mol. The van der Waals surface area contributed by atoms with Crippen molar-refractivity contribution in [3.8, 4) is 23.0 Å². The van der Waals surface area contributed by atoms with Crippen molar-refractivity contribution in [3.05, 3.63) is 83.9 Å². The van der Waals surface area contributed by atoms with Gasteiger partial charge in [0.25, 0.3) is 5.91 Å². The number of amides is 1. The molecule has 0 saturated heterocycles. The molecule has 7 heteroatoms. The van der Waals surface area contributed by atoms with Gasteiger partial charge in [-0.1, -0.05) is 42.5 Å². The minimum Gasteiger partial charge on any atom is -0.508 e. The molecule has 146 valence electrons. The zero-order valence-corrected chi connectivity index (χ0v) is 15.2. The van der Waals surface area contributed by atoms with E-state index in [0.717, 1.165) is 5.56 Å². The second kappa shape index (κ2) is 7.93. The van der Waals surface area contributed by atoms with Crippen molar-refractivity contribution in [2.45, 2.75) is 12.2 Å². The van der Waals surface area contributed by atoms with Gasteiger partial charge < -0.3 is 19.7 Å². The summed E-state index contributed by atoms with van der Waals surface area (Å²) in [7, 11) is 0. The number of rotatable bonds is 4. The number of carbonyl (C=O) groups is 1. The molecule has 0 bridgehead atoms. The molecule has 1 heterocycles. The Bertz CT molecular complexity index is 1050. The van der Waals surface area contributed by atoms with Crippen molar-refractivity contribution < 1.29 is 24.5 Å². The zero-order chi connectivity index (χ0) is 20.2. The number of fused-ring (bicyclic) bond motifs is 1. The van der Waals surface area contributed by atoms with Crippen molar-refractivity contribution in [1.82, 2.24) is 5.43 Å². The average Bonchev–Trinajstić information content (AvgIpc) is 2.75. The number of nitrogens with one attached hydrogen (secondary N) is 1. The maximum absolute atomic E-state index is 12.8. The van der Waals surface area contributed by atoms with E-state index in [-0.39, 0.29) is 11.5 Å². The topological polar surface area (TPSA) is 100 Å². The molecule has 3 aromatic rings. The number of phenolic OH excluding ortho intramolecular Hbond substituents is 2. The zero-order valence-electron chi connectivity index (χ0n) is 15.2. The Morgan fingerprint density at radius 1 is 0.931 bits per heavy atom. The summed E-state index contributed by atoms with van der Waals surface area (Å²) in [6, 6.07) is 20.5. The Balaban J connectivity index is 1.55. The molecule has 3 aromatic carbocycles. The van der Waals surface area contributed by atoms with Gasteiger partial charge in [0.2, 0.25) is 6.10 Å². The van der Waals surface area contributed by atoms with Crippen molar-refractivity contribution in [2.24, 2.45) is 5.10 Å². The van der Waals surface area contributed by atoms with Crippen LogP contribution >= 0.6 is 0 Å². The summed E-state index contributed by atoms with van der Waals surface area (Å²) in [6.07, 6.45) is -0.330. The fraction of sp³-hybridized carbons (Fsp3) is 0.0909. The highest BCUT2D eigenvalue weighted by Gasteiger charge is 2.38. The molecule has 2 atom stereocenters. The van der Waals surface area contributed by atoms with Crippen LogP contribution < -0.4 is 14.9 Å². The van der Waals surface area contributed by atoms with Gasteiger partial charge in [0.15, 0.2) is 17.6 Å². The standard InChI is InChI=1S/C22H18N2O5/c25-16-11-10-15(17(26)12-16)13-23-24-22(27)21-20(14-6-2-1-3-7-14)28-18-8-4-5-9-19(18)29-21/h1-13,20-21,25-26H,(H,24,27)/b23-13-/t20-,21-/m1/s1. The lowest BCUT2D eigenvalue weighted by atomic mass is 10.0. The van der Waals surface area contributed by atoms with E-state index in [1.54, 1.807) is 18.2 Å². The first-order valence-corrected chi connectivity index (χ1v) is 8.94. The van der Waals surface area contributed by atoms with Crippen molar-refractivity contribution in [1.29, 1.82) is 0 Å². The summed E-state index contributed by atoms with van der Waals surface area (Å²) >= 11 is 0. The number of phenols is 2. The molecule has 0 saturated carbocycles. The summed E-state index contributed by atoms with van der Waals surface area (Å²) in [5.74, 6) is 0.308. The molecule has 0 radical (unpaired) electrons. The number of aromatic hydroxyl groups is 2. The normalized spacial score (nSPS) is 17.8. The quantitative estimate of drug-likeness (QED) is 0.469. The molecule has 7 nitrogen and oxygen atoms in total. The molecule has 1 amide bonds. The molecule has 0 unspecified atom stereocenters. The highest BCUT2D eigenvalue weighted by molar-refractivity contribution is 5.87. The first-order chi connectivity index (χ1) is 14.1. The van der Waals surface area contributed by atoms with E-state index < -0.39 is 18.1 Å². The summed E-state index contributed by atoms with van der Waals surface area (Å²) < 4.78 is 12.0. The summed E-state index contributed by atoms with van der Waals surface area (Å²) in [5.41, 5.74) is 3.56. The van der Waals surface area contributed by atoms with Gasteiger partial charge in [0, 0.05) is 11.6 Å². The van der Waals surface area contributed by atoms with Gasteiger partial charge in [0.05, 0.1) is 6.21 Å². The Labute approximate surface area is 166 Å². The lowest BCUT2D eigenvalue weighted by Gasteiger charge is -2.32. The van der Waals surface area contributed by atoms with E-state index in [0.29, 0.717) is 17.1 Å². The first-order valence-electron chi connectivity index (χ1n) is 8.94. The van der Waals surface area contributed by atoms with Gasteiger partial charge in [-0.25, -0.2) is 5.43 Å². The largest absolute Gasteiger partial charge is 0.508 e. The predicted molar refractivity (Wildman–Crippen MR) is 106 cm³/mol. The molecule has 1 aliphatic heterocycles. The van der Waals surface area contributed by atoms with Crippen LogP contribution in [0.2, 0.25) is 0 Å². The number of hydrazone groups is 1. The van der Waals surface area contributed by atoms with Gasteiger partial charge in [-0.2, -0.15) is 5.10 Å². The highest BCUT2D eigenvalue weighted by Crippen LogP contribution is 2.39. The monoisotopic (exact) mass is 390 g/mol. The van der Waals surface area contributed by atoms with E-state index in [9.17, 15) is 15.0 Å². The van der Waals surface area contributed by atoms with Crippen LogP contribution in [0.25, 0.3) is 0 Å². The Kier molecular flexibility index (Phi) is 5.03. The van der Waals surface area contributed by atoms with E-state index in [1.807, 2.05) is 36.4 Å². The molecular formula is C22H18N2O5. The van der Waals surface area contributed by atoms with Crippen LogP contribution in [0.5, 0.6) is 23.0 Å². The van der Waals surface area contributed by atoms with Crippen LogP contribution in [-0.2, 0) is 4.79 Å². The maximum atomic E-state index is 12.8. The molecule has 0 fully saturated rings. The minimum atomic E-state index is -0.960. The number of hydrogen-bond acceptors (Lipinski definition) is 6. The Hall–Kier alpha value is -4.00. The third-order valence-corrected chi connectivity index (χ3v) is 4.41. The number of para-hydroxylation sites is 2. The lowest BCUT2D eigenvalue weighted by Crippen LogP contribution is -2.44.